The van der Waals surface area contributed by atoms with E-state index in [4.69, 9.17) is 9.84 Å². The van der Waals surface area contributed by atoms with E-state index in [2.05, 4.69) is 10.2 Å². The van der Waals surface area contributed by atoms with Crippen molar-refractivity contribution in [1.82, 2.24) is 20.0 Å². The Balaban J connectivity index is 1.18. The number of piperidine rings is 1. The minimum absolute atomic E-state index is 0.0561. The molecule has 3 heterocycles. The lowest BCUT2D eigenvalue weighted by Gasteiger charge is -2.48. The van der Waals surface area contributed by atoms with Gasteiger partial charge in [-0.2, -0.15) is 5.10 Å². The number of halogens is 1. The zero-order valence-corrected chi connectivity index (χ0v) is 18.6. The fraction of sp³-hybridized carbons (Fsp3) is 0.462. The number of hydrogen-bond donors (Lipinski definition) is 1. The van der Waals surface area contributed by atoms with E-state index in [9.17, 15) is 9.18 Å². The Morgan fingerprint density at radius 2 is 1.79 bits per heavy atom. The summed E-state index contributed by atoms with van der Waals surface area (Å²) in [5.41, 5.74) is 2.26. The number of rotatable bonds is 6. The van der Waals surface area contributed by atoms with Crippen LogP contribution in [0, 0.1) is 11.7 Å². The molecule has 6 rings (SSSR count). The molecule has 2 aromatic carbocycles. The van der Waals surface area contributed by atoms with Crippen molar-refractivity contribution < 1.29 is 13.9 Å². The van der Waals surface area contributed by atoms with Crippen molar-refractivity contribution >= 4 is 16.8 Å². The van der Waals surface area contributed by atoms with Gasteiger partial charge in [0, 0.05) is 42.2 Å². The van der Waals surface area contributed by atoms with Gasteiger partial charge in [0.25, 0.3) is 5.91 Å². The van der Waals surface area contributed by atoms with Gasteiger partial charge in [-0.25, -0.2) is 4.39 Å². The van der Waals surface area contributed by atoms with Crippen molar-refractivity contribution in [3.8, 4) is 0 Å². The summed E-state index contributed by atoms with van der Waals surface area (Å²) in [6, 6.07) is 15.3. The van der Waals surface area contributed by atoms with E-state index in [0.29, 0.717) is 36.9 Å². The Morgan fingerprint density at radius 1 is 1.06 bits per heavy atom. The topological polar surface area (TPSA) is 59.4 Å². The van der Waals surface area contributed by atoms with Crippen LogP contribution in [0.25, 0.3) is 10.9 Å². The number of aromatic nitrogens is 2. The van der Waals surface area contributed by atoms with Gasteiger partial charge in [0.15, 0.2) is 5.69 Å². The highest BCUT2D eigenvalue weighted by Crippen LogP contribution is 2.33. The van der Waals surface area contributed by atoms with Crippen LogP contribution in [-0.2, 0) is 17.8 Å². The van der Waals surface area contributed by atoms with Gasteiger partial charge in [-0.3, -0.25) is 14.4 Å². The van der Waals surface area contributed by atoms with Crippen LogP contribution >= 0.6 is 0 Å². The summed E-state index contributed by atoms with van der Waals surface area (Å²) < 4.78 is 22.1. The van der Waals surface area contributed by atoms with Crippen LogP contribution in [0.3, 0.4) is 0 Å². The number of nitrogens with one attached hydrogen (secondary N) is 1. The molecule has 0 spiro atoms. The molecule has 172 valence electrons. The van der Waals surface area contributed by atoms with Crippen molar-refractivity contribution in [3.05, 3.63) is 65.6 Å². The first-order chi connectivity index (χ1) is 16.2. The molecule has 3 aromatic rings. The molecule has 1 aliphatic carbocycles. The monoisotopic (exact) mass is 448 g/mol. The van der Waals surface area contributed by atoms with Gasteiger partial charge in [-0.05, 0) is 43.7 Å². The minimum atomic E-state index is -0.166. The summed E-state index contributed by atoms with van der Waals surface area (Å²) >= 11 is 0. The van der Waals surface area contributed by atoms with Crippen LogP contribution in [0.1, 0.15) is 41.7 Å². The van der Waals surface area contributed by atoms with E-state index in [0.717, 1.165) is 30.3 Å². The summed E-state index contributed by atoms with van der Waals surface area (Å²) in [4.78, 5) is 15.6. The first-order valence-corrected chi connectivity index (χ1v) is 12.0. The molecule has 2 aliphatic heterocycles. The summed E-state index contributed by atoms with van der Waals surface area (Å²) in [7, 11) is 0. The fourth-order valence-corrected chi connectivity index (χ4v) is 5.42. The molecular formula is C26H29FN4O2. The number of hydrogen-bond acceptors (Lipinski definition) is 4. The van der Waals surface area contributed by atoms with Gasteiger partial charge in [-0.1, -0.05) is 36.4 Å². The van der Waals surface area contributed by atoms with E-state index in [1.165, 1.54) is 18.9 Å². The predicted octanol–water partition coefficient (Wildman–Crippen LogP) is 3.75. The second-order valence-electron chi connectivity index (χ2n) is 9.74. The van der Waals surface area contributed by atoms with Gasteiger partial charge >= 0.3 is 0 Å². The molecule has 3 aliphatic rings. The highest BCUT2D eigenvalue weighted by Gasteiger charge is 2.40. The Labute approximate surface area is 192 Å². The van der Waals surface area contributed by atoms with Gasteiger partial charge in [-0.15, -0.1) is 0 Å². The van der Waals surface area contributed by atoms with Crippen LogP contribution in [-0.4, -0.2) is 51.9 Å². The van der Waals surface area contributed by atoms with Gasteiger partial charge in [0.2, 0.25) is 0 Å². The van der Waals surface area contributed by atoms with E-state index < -0.39 is 0 Å². The average Bonchev–Trinajstić information content (AvgIpc) is 3.55. The molecule has 3 fully saturated rings. The quantitative estimate of drug-likeness (QED) is 0.624. The summed E-state index contributed by atoms with van der Waals surface area (Å²) in [5.74, 6) is 0.412. The molecule has 0 radical (unpaired) electrons. The highest BCUT2D eigenvalue weighted by atomic mass is 19.1. The van der Waals surface area contributed by atoms with Crippen LogP contribution in [0.5, 0.6) is 0 Å². The van der Waals surface area contributed by atoms with Crippen LogP contribution in [0.4, 0.5) is 4.39 Å². The Hall–Kier alpha value is -2.77. The van der Waals surface area contributed by atoms with E-state index in [-0.39, 0.29) is 29.8 Å². The maximum absolute atomic E-state index is 14.2. The molecule has 33 heavy (non-hydrogen) atoms. The maximum atomic E-state index is 14.2. The second-order valence-corrected chi connectivity index (χ2v) is 9.74. The number of carbonyl (C=O) groups excluding carboxylic acids is 1. The van der Waals surface area contributed by atoms with Crippen LogP contribution in [0.2, 0.25) is 0 Å². The standard InChI is InChI=1S/C26H29FN4O2/c27-23-7-3-1-5-18(23)14-30-20-11-19(12-21(30)16-33-15-20)28-26(32)25-22-6-2-4-8-24(22)31(29-25)13-17-9-10-17/h1-8,17,19-21H,9-16H2,(H,28,32)/t19?,20-,21+. The highest BCUT2D eigenvalue weighted by molar-refractivity contribution is 6.05. The molecule has 2 saturated heterocycles. The van der Waals surface area contributed by atoms with E-state index in [1.54, 1.807) is 6.07 Å². The summed E-state index contributed by atoms with van der Waals surface area (Å²) in [6.45, 7) is 2.67. The molecule has 7 heteroatoms. The number of ether oxygens (including phenoxy) is 1. The summed E-state index contributed by atoms with van der Waals surface area (Å²) in [6.07, 6.45) is 4.06. The third-order valence-electron chi connectivity index (χ3n) is 7.32. The van der Waals surface area contributed by atoms with Gasteiger partial charge < -0.3 is 10.1 Å². The van der Waals surface area contributed by atoms with Crippen molar-refractivity contribution in [2.24, 2.45) is 5.92 Å². The molecule has 6 nitrogen and oxygen atoms in total. The molecular weight excluding hydrogens is 419 g/mol. The van der Waals surface area contributed by atoms with Crippen LogP contribution in [0.15, 0.2) is 48.5 Å². The average molecular weight is 449 g/mol. The minimum Gasteiger partial charge on any atom is -0.378 e. The largest absolute Gasteiger partial charge is 0.378 e. The van der Waals surface area contributed by atoms with Gasteiger partial charge in [0.1, 0.15) is 5.82 Å². The summed E-state index contributed by atoms with van der Waals surface area (Å²) in [5, 5.41) is 8.89. The SMILES string of the molecule is O=C(NC1C[C@H]2COC[C@@H](C1)N2Cc1ccccc1F)c1nn(CC2CC2)c2ccccc12. The Bertz CT molecular complexity index is 1160. The molecule has 1 aromatic heterocycles. The van der Waals surface area contributed by atoms with Crippen molar-refractivity contribution in [2.45, 2.75) is 56.9 Å². The Morgan fingerprint density at radius 3 is 2.55 bits per heavy atom. The number of para-hydroxylation sites is 1. The number of morpholine rings is 1. The first-order valence-electron chi connectivity index (χ1n) is 12.0. The molecule has 2 bridgehead atoms. The van der Waals surface area contributed by atoms with Crippen molar-refractivity contribution in [1.29, 1.82) is 0 Å². The molecule has 3 atom stereocenters. The number of fused-ring (bicyclic) bond motifs is 3. The number of amides is 1. The normalized spacial score (nSPS) is 25.3. The third kappa shape index (κ3) is 4.15. The lowest BCUT2D eigenvalue weighted by Crippen LogP contribution is -2.60. The van der Waals surface area contributed by atoms with E-state index in [1.807, 2.05) is 41.1 Å². The number of nitrogens with zero attached hydrogens (tertiary/aromatic N) is 3. The molecule has 1 amide bonds. The molecule has 1 saturated carbocycles. The first kappa shape index (κ1) is 20.8. The Kier molecular flexibility index (Phi) is 5.38. The van der Waals surface area contributed by atoms with Crippen molar-refractivity contribution in [3.63, 3.8) is 0 Å². The zero-order valence-electron chi connectivity index (χ0n) is 18.6. The molecule has 1 unspecified atom stereocenters. The lowest BCUT2D eigenvalue weighted by molar-refractivity contribution is -0.0846. The molecule has 1 N–H and O–H groups in total. The number of benzene rings is 2. The number of carbonyl (C=O) groups is 1. The predicted molar refractivity (Wildman–Crippen MR) is 123 cm³/mol. The second kappa shape index (κ2) is 8.54. The lowest BCUT2D eigenvalue weighted by atomic mass is 9.89. The third-order valence-corrected chi connectivity index (χ3v) is 7.32. The van der Waals surface area contributed by atoms with Crippen molar-refractivity contribution in [2.75, 3.05) is 13.2 Å². The van der Waals surface area contributed by atoms with E-state index >= 15 is 0 Å². The fourth-order valence-electron chi connectivity index (χ4n) is 5.42. The van der Waals surface area contributed by atoms with Gasteiger partial charge in [0.05, 0.1) is 18.7 Å². The zero-order chi connectivity index (χ0) is 22.4. The maximum Gasteiger partial charge on any atom is 0.272 e. The van der Waals surface area contributed by atoms with Crippen LogP contribution < -0.4 is 5.32 Å². The smallest absolute Gasteiger partial charge is 0.272 e.